The van der Waals surface area contributed by atoms with Crippen LogP contribution in [0.3, 0.4) is 0 Å². The quantitative estimate of drug-likeness (QED) is 0.645. The standard InChI is InChI=1S/C10H18O3/c1-10(9(12)13)7-5-3-2-4-6-8(10)11/h8,11H,2-7H2,1H3,(H,12,13)/p-1/t8-,10-/m1/s1. The van der Waals surface area contributed by atoms with Crippen molar-refractivity contribution in [1.29, 1.82) is 0 Å². The fraction of sp³-hybridized carbons (Fsp3) is 0.900. The summed E-state index contributed by atoms with van der Waals surface area (Å²) in [4.78, 5) is 10.9. The number of aliphatic carboxylic acids is 1. The summed E-state index contributed by atoms with van der Waals surface area (Å²) in [6.45, 7) is 1.60. The lowest BCUT2D eigenvalue weighted by Gasteiger charge is -2.37. The summed E-state index contributed by atoms with van der Waals surface area (Å²) in [6, 6.07) is 0. The number of aliphatic hydroxyl groups excluding tert-OH is 1. The summed E-state index contributed by atoms with van der Waals surface area (Å²) < 4.78 is 0. The lowest BCUT2D eigenvalue weighted by Crippen LogP contribution is -2.48. The van der Waals surface area contributed by atoms with Crippen molar-refractivity contribution in [2.45, 2.75) is 51.6 Å². The van der Waals surface area contributed by atoms with Gasteiger partial charge in [-0.1, -0.05) is 32.6 Å². The van der Waals surface area contributed by atoms with Crippen LogP contribution in [0.1, 0.15) is 45.4 Å². The van der Waals surface area contributed by atoms with Gasteiger partial charge in [-0.2, -0.15) is 0 Å². The minimum absolute atomic E-state index is 0.538. The predicted molar refractivity (Wildman–Crippen MR) is 46.8 cm³/mol. The second-order valence-corrected chi connectivity index (χ2v) is 4.17. The lowest BCUT2D eigenvalue weighted by molar-refractivity contribution is -0.323. The normalized spacial score (nSPS) is 36.3. The van der Waals surface area contributed by atoms with Gasteiger partial charge in [-0.05, 0) is 12.8 Å². The topological polar surface area (TPSA) is 60.4 Å². The molecule has 0 aromatic carbocycles. The Balaban J connectivity index is 2.71. The van der Waals surface area contributed by atoms with Crippen molar-refractivity contribution in [2.24, 2.45) is 5.41 Å². The molecule has 0 heterocycles. The number of hydrogen-bond acceptors (Lipinski definition) is 3. The van der Waals surface area contributed by atoms with Crippen LogP contribution in [0.5, 0.6) is 0 Å². The molecule has 0 radical (unpaired) electrons. The fourth-order valence-corrected chi connectivity index (χ4v) is 1.91. The number of hydrogen-bond donors (Lipinski definition) is 1. The van der Waals surface area contributed by atoms with Crippen LogP contribution in [0.15, 0.2) is 0 Å². The van der Waals surface area contributed by atoms with E-state index in [9.17, 15) is 15.0 Å². The molecule has 2 atom stereocenters. The Morgan fingerprint density at radius 1 is 1.38 bits per heavy atom. The first-order valence-corrected chi connectivity index (χ1v) is 4.97. The number of carboxylic acids is 1. The van der Waals surface area contributed by atoms with E-state index >= 15 is 0 Å². The largest absolute Gasteiger partial charge is 0.549 e. The molecule has 0 spiro atoms. The Labute approximate surface area is 78.8 Å². The van der Waals surface area contributed by atoms with Crippen LogP contribution in [0.2, 0.25) is 0 Å². The number of aliphatic hydroxyl groups is 1. The summed E-state index contributed by atoms with van der Waals surface area (Å²) in [7, 11) is 0. The maximum atomic E-state index is 10.9. The molecule has 0 aromatic heterocycles. The molecular weight excluding hydrogens is 168 g/mol. The molecule has 0 amide bonds. The van der Waals surface area contributed by atoms with Crippen molar-refractivity contribution in [1.82, 2.24) is 0 Å². The molecule has 1 rings (SSSR count). The molecule has 3 heteroatoms. The third kappa shape index (κ3) is 2.21. The van der Waals surface area contributed by atoms with E-state index in [1.165, 1.54) is 0 Å². The van der Waals surface area contributed by atoms with Crippen LogP contribution in [-0.4, -0.2) is 17.2 Å². The average Bonchev–Trinajstić information content (AvgIpc) is 2.07. The van der Waals surface area contributed by atoms with Gasteiger partial charge in [0.2, 0.25) is 0 Å². The Kier molecular flexibility index (Phi) is 3.31. The third-order valence-corrected chi connectivity index (χ3v) is 3.13. The maximum Gasteiger partial charge on any atom is 0.0645 e. The monoisotopic (exact) mass is 185 g/mol. The summed E-state index contributed by atoms with van der Waals surface area (Å²) in [5, 5.41) is 20.6. The molecule has 1 aliphatic rings. The molecular formula is C10H17O3-. The first-order valence-electron chi connectivity index (χ1n) is 4.97. The van der Waals surface area contributed by atoms with Crippen molar-refractivity contribution in [3.05, 3.63) is 0 Å². The van der Waals surface area contributed by atoms with Gasteiger partial charge in [0.25, 0.3) is 0 Å². The highest BCUT2D eigenvalue weighted by Crippen LogP contribution is 2.33. The highest BCUT2D eigenvalue weighted by Gasteiger charge is 2.34. The molecule has 1 N–H and O–H groups in total. The smallest absolute Gasteiger partial charge is 0.0645 e. The van der Waals surface area contributed by atoms with E-state index in [0.29, 0.717) is 12.8 Å². The summed E-state index contributed by atoms with van der Waals surface area (Å²) in [5.74, 6) is -1.11. The highest BCUT2D eigenvalue weighted by atomic mass is 16.4. The van der Waals surface area contributed by atoms with Gasteiger partial charge in [0.05, 0.1) is 6.10 Å². The molecule has 1 aliphatic carbocycles. The zero-order valence-electron chi connectivity index (χ0n) is 8.08. The van der Waals surface area contributed by atoms with Gasteiger partial charge >= 0.3 is 0 Å². The summed E-state index contributed by atoms with van der Waals surface area (Å²) in [5.41, 5.74) is -1.03. The molecule has 76 valence electrons. The van der Waals surface area contributed by atoms with Crippen LogP contribution >= 0.6 is 0 Å². The lowest BCUT2D eigenvalue weighted by atomic mass is 9.76. The van der Waals surface area contributed by atoms with Crippen molar-refractivity contribution in [3.8, 4) is 0 Å². The molecule has 0 bridgehead atoms. The zero-order chi connectivity index (χ0) is 9.90. The third-order valence-electron chi connectivity index (χ3n) is 3.13. The highest BCUT2D eigenvalue weighted by molar-refractivity contribution is 5.72. The van der Waals surface area contributed by atoms with Gasteiger partial charge in [0, 0.05) is 11.4 Å². The van der Waals surface area contributed by atoms with E-state index in [4.69, 9.17) is 0 Å². The van der Waals surface area contributed by atoms with Crippen molar-refractivity contribution >= 4 is 5.97 Å². The molecule has 0 aliphatic heterocycles. The van der Waals surface area contributed by atoms with Crippen LogP contribution < -0.4 is 5.11 Å². The zero-order valence-corrected chi connectivity index (χ0v) is 8.08. The van der Waals surface area contributed by atoms with Gasteiger partial charge in [0.1, 0.15) is 0 Å². The fourth-order valence-electron chi connectivity index (χ4n) is 1.91. The van der Waals surface area contributed by atoms with Gasteiger partial charge in [0.15, 0.2) is 0 Å². The van der Waals surface area contributed by atoms with Crippen molar-refractivity contribution < 1.29 is 15.0 Å². The van der Waals surface area contributed by atoms with Crippen molar-refractivity contribution in [2.75, 3.05) is 0 Å². The van der Waals surface area contributed by atoms with Gasteiger partial charge in [-0.25, -0.2) is 0 Å². The predicted octanol–water partition coefficient (Wildman–Crippen LogP) is 0.458. The molecule has 0 aromatic rings. The molecule has 0 unspecified atom stereocenters. The second-order valence-electron chi connectivity index (χ2n) is 4.17. The number of rotatable bonds is 1. The molecule has 13 heavy (non-hydrogen) atoms. The summed E-state index contributed by atoms with van der Waals surface area (Å²) >= 11 is 0. The maximum absolute atomic E-state index is 10.9. The van der Waals surface area contributed by atoms with Crippen molar-refractivity contribution in [3.63, 3.8) is 0 Å². The summed E-state index contributed by atoms with van der Waals surface area (Å²) in [6.07, 6.45) is 4.35. The molecule has 1 saturated carbocycles. The number of carbonyl (C=O) groups excluding carboxylic acids is 1. The first-order chi connectivity index (χ1) is 6.07. The minimum atomic E-state index is -1.11. The van der Waals surface area contributed by atoms with Crippen LogP contribution in [0.25, 0.3) is 0 Å². The Bertz CT molecular complexity index is 191. The van der Waals surface area contributed by atoms with E-state index in [1.807, 2.05) is 0 Å². The van der Waals surface area contributed by atoms with Crippen LogP contribution in [0.4, 0.5) is 0 Å². The molecule has 0 saturated heterocycles. The van der Waals surface area contributed by atoms with Gasteiger partial charge < -0.3 is 15.0 Å². The first kappa shape index (κ1) is 10.5. The van der Waals surface area contributed by atoms with Crippen LogP contribution in [-0.2, 0) is 4.79 Å². The van der Waals surface area contributed by atoms with E-state index in [1.54, 1.807) is 6.92 Å². The average molecular weight is 185 g/mol. The van der Waals surface area contributed by atoms with Gasteiger partial charge in [-0.3, -0.25) is 0 Å². The van der Waals surface area contributed by atoms with E-state index in [-0.39, 0.29) is 0 Å². The Hall–Kier alpha value is -0.570. The molecule has 1 fully saturated rings. The van der Waals surface area contributed by atoms with E-state index in [2.05, 4.69) is 0 Å². The van der Waals surface area contributed by atoms with E-state index < -0.39 is 17.5 Å². The number of carboxylic acid groups (broad SMARTS) is 1. The van der Waals surface area contributed by atoms with Gasteiger partial charge in [-0.15, -0.1) is 0 Å². The van der Waals surface area contributed by atoms with Crippen LogP contribution in [0, 0.1) is 5.41 Å². The van der Waals surface area contributed by atoms with E-state index in [0.717, 1.165) is 25.7 Å². The Morgan fingerprint density at radius 3 is 2.62 bits per heavy atom. The molecule has 3 nitrogen and oxygen atoms in total. The minimum Gasteiger partial charge on any atom is -0.549 e. The Morgan fingerprint density at radius 2 is 2.00 bits per heavy atom. The SMILES string of the molecule is C[C@@]1(C(=O)[O-])CCCCCC[C@H]1O. The second kappa shape index (κ2) is 4.09. The number of carbonyl (C=O) groups is 1.